The number of benzene rings is 4. The van der Waals surface area contributed by atoms with Crippen LogP contribution in [0.4, 0.5) is 0 Å². The number of fused-ring (bicyclic) bond motifs is 2. The van der Waals surface area contributed by atoms with E-state index < -0.39 is 0 Å². The van der Waals surface area contributed by atoms with Gasteiger partial charge in [0.05, 0.1) is 6.26 Å². The number of hydrogen-bond acceptors (Lipinski definition) is 4. The quantitative estimate of drug-likeness (QED) is 0.240. The molecule has 4 aromatic carbocycles. The van der Waals surface area contributed by atoms with Crippen molar-refractivity contribution in [3.8, 4) is 22.6 Å². The van der Waals surface area contributed by atoms with Crippen molar-refractivity contribution in [3.63, 3.8) is 0 Å². The molecular weight excluding hydrogens is 440 g/mol. The Labute approximate surface area is 201 Å². The Morgan fingerprint density at radius 3 is 2.47 bits per heavy atom. The fourth-order valence-corrected chi connectivity index (χ4v) is 5.10. The maximum Gasteiger partial charge on any atom is 0.149 e. The van der Waals surface area contributed by atoms with Gasteiger partial charge in [0.2, 0.25) is 0 Å². The molecule has 2 aromatic heterocycles. The summed E-state index contributed by atoms with van der Waals surface area (Å²) in [7, 11) is 0. The van der Waals surface area contributed by atoms with Crippen LogP contribution < -0.4 is 9.47 Å². The van der Waals surface area contributed by atoms with E-state index in [4.69, 9.17) is 13.9 Å². The molecule has 4 heteroatoms. The fraction of sp³-hybridized carbons (Fsp3) is 0.0667. The summed E-state index contributed by atoms with van der Waals surface area (Å²) >= 11 is 1.75. The lowest BCUT2D eigenvalue weighted by molar-refractivity contribution is 0.273. The highest BCUT2D eigenvalue weighted by atomic mass is 32.1. The van der Waals surface area contributed by atoms with Crippen LogP contribution in [0, 0.1) is 6.07 Å². The molecule has 0 atom stereocenters. The smallest absolute Gasteiger partial charge is 0.149 e. The van der Waals surface area contributed by atoms with Gasteiger partial charge in [-0.1, -0.05) is 78.9 Å². The molecule has 0 fully saturated rings. The molecule has 0 saturated heterocycles. The van der Waals surface area contributed by atoms with Crippen molar-refractivity contribution in [2.75, 3.05) is 0 Å². The largest absolute Gasteiger partial charge is 0.487 e. The highest BCUT2D eigenvalue weighted by Crippen LogP contribution is 2.37. The Hall–Kier alpha value is -4.02. The Balaban J connectivity index is 1.25. The van der Waals surface area contributed by atoms with E-state index >= 15 is 0 Å². The molecular formula is C30H21O3S. The second kappa shape index (κ2) is 9.08. The molecule has 1 radical (unpaired) electrons. The molecule has 0 aliphatic carbocycles. The monoisotopic (exact) mass is 461 g/mol. The van der Waals surface area contributed by atoms with Gasteiger partial charge in [-0.25, -0.2) is 0 Å². The molecule has 0 saturated carbocycles. The van der Waals surface area contributed by atoms with Gasteiger partial charge >= 0.3 is 0 Å². The van der Waals surface area contributed by atoms with E-state index in [1.54, 1.807) is 17.6 Å². The maximum atomic E-state index is 6.25. The highest BCUT2D eigenvalue weighted by molar-refractivity contribution is 7.19. The Morgan fingerprint density at radius 1 is 0.735 bits per heavy atom. The first-order chi connectivity index (χ1) is 16.8. The molecule has 6 aromatic rings. The third kappa shape index (κ3) is 4.04. The summed E-state index contributed by atoms with van der Waals surface area (Å²) in [5.74, 6) is 2.29. The number of thiophene rings is 1. The Morgan fingerprint density at radius 2 is 1.53 bits per heavy atom. The van der Waals surface area contributed by atoms with Crippen molar-refractivity contribution < 1.29 is 13.9 Å². The lowest BCUT2D eigenvalue weighted by Crippen LogP contribution is -1.98. The average molecular weight is 462 g/mol. The molecule has 0 bridgehead atoms. The van der Waals surface area contributed by atoms with Crippen molar-refractivity contribution >= 4 is 32.2 Å². The average Bonchev–Trinajstić information content (AvgIpc) is 3.50. The first kappa shape index (κ1) is 20.6. The highest BCUT2D eigenvalue weighted by Gasteiger charge is 2.14. The lowest BCUT2D eigenvalue weighted by Gasteiger charge is -2.14. The zero-order valence-corrected chi connectivity index (χ0v) is 19.2. The second-order valence-electron chi connectivity index (χ2n) is 7.98. The number of rotatable bonds is 7. The number of furan rings is 1. The lowest BCUT2D eigenvalue weighted by atomic mass is 10.0. The SMILES string of the molecule is [c]1cccc(-c2ccccc2OCc2occ3ccccc23)c1OCc1cc2ccccc2s1. The van der Waals surface area contributed by atoms with Gasteiger partial charge in [0, 0.05) is 37.5 Å². The van der Waals surface area contributed by atoms with Crippen LogP contribution in [-0.4, -0.2) is 0 Å². The minimum atomic E-state index is 0.346. The summed E-state index contributed by atoms with van der Waals surface area (Å²) in [4.78, 5) is 1.18. The van der Waals surface area contributed by atoms with Gasteiger partial charge in [-0.05, 0) is 23.6 Å². The minimum absolute atomic E-state index is 0.346. The van der Waals surface area contributed by atoms with Crippen molar-refractivity contribution in [2.24, 2.45) is 0 Å². The minimum Gasteiger partial charge on any atom is -0.487 e. The van der Waals surface area contributed by atoms with Crippen molar-refractivity contribution in [3.05, 3.63) is 120 Å². The second-order valence-corrected chi connectivity index (χ2v) is 9.15. The zero-order valence-electron chi connectivity index (χ0n) is 18.4. The summed E-state index contributed by atoms with van der Waals surface area (Å²) in [5, 5.41) is 3.39. The summed E-state index contributed by atoms with van der Waals surface area (Å²) in [5.41, 5.74) is 1.91. The van der Waals surface area contributed by atoms with Gasteiger partial charge in [0.1, 0.15) is 30.5 Å². The van der Waals surface area contributed by atoms with Crippen LogP contribution in [0.2, 0.25) is 0 Å². The van der Waals surface area contributed by atoms with Gasteiger partial charge < -0.3 is 13.9 Å². The fourth-order valence-electron chi connectivity index (χ4n) is 4.13. The van der Waals surface area contributed by atoms with Crippen LogP contribution in [0.1, 0.15) is 10.6 Å². The van der Waals surface area contributed by atoms with E-state index in [1.807, 2.05) is 60.7 Å². The predicted molar refractivity (Wildman–Crippen MR) is 137 cm³/mol. The van der Waals surface area contributed by atoms with E-state index in [1.165, 1.54) is 15.0 Å². The van der Waals surface area contributed by atoms with Crippen molar-refractivity contribution in [2.45, 2.75) is 13.2 Å². The topological polar surface area (TPSA) is 31.6 Å². The first-order valence-corrected chi connectivity index (χ1v) is 11.9. The molecule has 165 valence electrons. The third-order valence-electron chi connectivity index (χ3n) is 5.78. The van der Waals surface area contributed by atoms with Crippen molar-refractivity contribution in [1.29, 1.82) is 0 Å². The van der Waals surface area contributed by atoms with Crippen LogP contribution in [0.25, 0.3) is 32.0 Å². The number of ether oxygens (including phenoxy) is 2. The molecule has 0 N–H and O–H groups in total. The normalized spacial score (nSPS) is 11.2. The Bertz CT molecular complexity index is 1540. The summed E-state index contributed by atoms with van der Waals surface area (Å²) < 4.78 is 19.5. The molecule has 0 unspecified atom stereocenters. The van der Waals surface area contributed by atoms with Gasteiger partial charge in [0.15, 0.2) is 0 Å². The van der Waals surface area contributed by atoms with E-state index in [2.05, 4.69) is 42.5 Å². The van der Waals surface area contributed by atoms with Crippen LogP contribution in [0.3, 0.4) is 0 Å². The molecule has 3 nitrogen and oxygen atoms in total. The molecule has 34 heavy (non-hydrogen) atoms. The molecule has 6 rings (SSSR count). The van der Waals surface area contributed by atoms with E-state index in [9.17, 15) is 0 Å². The van der Waals surface area contributed by atoms with Crippen LogP contribution in [0.15, 0.2) is 108 Å². The van der Waals surface area contributed by atoms with Gasteiger partial charge in [-0.15, -0.1) is 11.3 Å². The number of para-hydroxylation sites is 2. The standard InChI is InChI=1S/C30H21O3S/c1-3-11-24-22(10-1)18-31-29(24)20-33-28-15-7-5-13-26(28)25-12-4-6-14-27(25)32-19-23-17-21-9-2-8-16-30(21)34-23/h1-13,15-18H,19-20H2. The molecule has 2 heterocycles. The van der Waals surface area contributed by atoms with Gasteiger partial charge in [-0.2, -0.15) is 0 Å². The summed E-state index contributed by atoms with van der Waals surface area (Å²) in [6, 6.07) is 35.8. The van der Waals surface area contributed by atoms with Gasteiger partial charge in [0.25, 0.3) is 0 Å². The van der Waals surface area contributed by atoms with E-state index in [0.717, 1.165) is 33.4 Å². The van der Waals surface area contributed by atoms with E-state index in [-0.39, 0.29) is 0 Å². The maximum absolute atomic E-state index is 6.25. The summed E-state index contributed by atoms with van der Waals surface area (Å²) in [6.45, 7) is 0.841. The van der Waals surface area contributed by atoms with Crippen LogP contribution >= 0.6 is 11.3 Å². The third-order valence-corrected chi connectivity index (χ3v) is 6.87. The van der Waals surface area contributed by atoms with Crippen molar-refractivity contribution in [1.82, 2.24) is 0 Å². The molecule has 0 spiro atoms. The molecule has 0 aliphatic heterocycles. The number of hydrogen-bond donors (Lipinski definition) is 0. The molecule has 0 amide bonds. The van der Waals surface area contributed by atoms with Crippen LogP contribution in [0.5, 0.6) is 11.5 Å². The zero-order chi connectivity index (χ0) is 22.7. The Kier molecular flexibility index (Phi) is 5.50. The molecule has 0 aliphatic rings. The van der Waals surface area contributed by atoms with Crippen LogP contribution in [-0.2, 0) is 13.2 Å². The van der Waals surface area contributed by atoms with E-state index in [0.29, 0.717) is 19.0 Å². The van der Waals surface area contributed by atoms with Gasteiger partial charge in [-0.3, -0.25) is 0 Å². The summed E-state index contributed by atoms with van der Waals surface area (Å²) in [6.07, 6.45) is 1.77. The predicted octanol–water partition coefficient (Wildman–Crippen LogP) is 8.27. The first-order valence-electron chi connectivity index (χ1n) is 11.1.